The molecular weight excluding hydrogens is 202 g/mol. The second-order valence-corrected chi connectivity index (χ2v) is 3.58. The smallest absolute Gasteiger partial charge is 0.257 e. The molecule has 0 amide bonds. The van der Waals surface area contributed by atoms with Crippen molar-refractivity contribution in [2.45, 2.75) is 20.0 Å². The Hall–Kier alpha value is -1.77. The first-order valence-electron chi connectivity index (χ1n) is 5.18. The molecule has 3 nitrogen and oxygen atoms in total. The van der Waals surface area contributed by atoms with E-state index in [0.29, 0.717) is 5.90 Å². The molecule has 0 aliphatic rings. The summed E-state index contributed by atoms with van der Waals surface area (Å²) in [5.41, 5.74) is 1.94. The Morgan fingerprint density at radius 3 is 2.38 bits per heavy atom. The van der Waals surface area contributed by atoms with E-state index in [9.17, 15) is 0 Å². The molecule has 0 spiro atoms. The third kappa shape index (κ3) is 3.42. The Labute approximate surface area is 96.4 Å². The van der Waals surface area contributed by atoms with Crippen molar-refractivity contribution in [3.05, 3.63) is 42.0 Å². The van der Waals surface area contributed by atoms with E-state index < -0.39 is 0 Å². The Morgan fingerprint density at radius 2 is 1.94 bits per heavy atom. The summed E-state index contributed by atoms with van der Waals surface area (Å²) in [6, 6.07) is 7.74. The minimum absolute atomic E-state index is 0.0394. The number of oxime groups is 1. The maximum Gasteiger partial charge on any atom is 0.257 e. The van der Waals surface area contributed by atoms with Crippen molar-refractivity contribution in [1.82, 2.24) is 0 Å². The zero-order chi connectivity index (χ0) is 12.0. The highest BCUT2D eigenvalue weighted by atomic mass is 16.7. The van der Waals surface area contributed by atoms with Gasteiger partial charge in [-0.15, -0.1) is 0 Å². The lowest BCUT2D eigenvalue weighted by Gasteiger charge is -2.07. The SMILES string of the molecule is C=Cc1ccc(/C(=N/OC(C)C)OC)cc1. The van der Waals surface area contributed by atoms with Crippen LogP contribution in [0.1, 0.15) is 25.0 Å². The van der Waals surface area contributed by atoms with Crippen LogP contribution >= 0.6 is 0 Å². The molecule has 0 unspecified atom stereocenters. The maximum absolute atomic E-state index is 5.16. The lowest BCUT2D eigenvalue weighted by molar-refractivity contribution is 0.0800. The first-order valence-corrected chi connectivity index (χ1v) is 5.18. The minimum atomic E-state index is 0.0394. The summed E-state index contributed by atoms with van der Waals surface area (Å²) in [4.78, 5) is 5.15. The molecule has 3 heteroatoms. The second kappa shape index (κ2) is 5.95. The fourth-order valence-electron chi connectivity index (χ4n) is 1.12. The zero-order valence-electron chi connectivity index (χ0n) is 9.93. The molecule has 0 N–H and O–H groups in total. The van der Waals surface area contributed by atoms with E-state index in [1.165, 1.54) is 0 Å². The van der Waals surface area contributed by atoms with Crippen LogP contribution in [-0.2, 0) is 9.57 Å². The summed E-state index contributed by atoms with van der Waals surface area (Å²) < 4.78 is 5.16. The standard InChI is InChI=1S/C13H17NO2/c1-5-11-6-8-12(9-7-11)13(15-4)14-16-10(2)3/h5-10H,1H2,2-4H3/b14-13-. The second-order valence-electron chi connectivity index (χ2n) is 3.58. The van der Waals surface area contributed by atoms with Crippen LogP contribution in [0.3, 0.4) is 0 Å². The molecule has 16 heavy (non-hydrogen) atoms. The third-order valence-electron chi connectivity index (χ3n) is 1.93. The Morgan fingerprint density at radius 1 is 1.31 bits per heavy atom. The van der Waals surface area contributed by atoms with Crippen molar-refractivity contribution in [2.75, 3.05) is 7.11 Å². The van der Waals surface area contributed by atoms with Gasteiger partial charge in [-0.1, -0.05) is 24.8 Å². The normalized spacial score (nSPS) is 11.4. The number of hydrogen-bond acceptors (Lipinski definition) is 3. The average molecular weight is 219 g/mol. The van der Waals surface area contributed by atoms with Crippen molar-refractivity contribution in [3.63, 3.8) is 0 Å². The lowest BCUT2D eigenvalue weighted by Crippen LogP contribution is -2.07. The van der Waals surface area contributed by atoms with Gasteiger partial charge in [0.1, 0.15) is 6.10 Å². The monoisotopic (exact) mass is 219 g/mol. The number of nitrogens with zero attached hydrogens (tertiary/aromatic N) is 1. The van der Waals surface area contributed by atoms with E-state index in [-0.39, 0.29) is 6.10 Å². The van der Waals surface area contributed by atoms with Crippen LogP contribution in [0, 0.1) is 0 Å². The van der Waals surface area contributed by atoms with Gasteiger partial charge in [-0.2, -0.15) is 0 Å². The van der Waals surface area contributed by atoms with Crippen LogP contribution < -0.4 is 0 Å². The molecule has 0 radical (unpaired) electrons. The first kappa shape index (κ1) is 12.3. The van der Waals surface area contributed by atoms with E-state index in [0.717, 1.165) is 11.1 Å². The third-order valence-corrected chi connectivity index (χ3v) is 1.93. The summed E-state index contributed by atoms with van der Waals surface area (Å²) in [6.45, 7) is 7.53. The fourth-order valence-corrected chi connectivity index (χ4v) is 1.12. The average Bonchev–Trinajstić information content (AvgIpc) is 2.30. The first-order chi connectivity index (χ1) is 7.67. The number of methoxy groups -OCH3 is 1. The van der Waals surface area contributed by atoms with Gasteiger partial charge in [0.25, 0.3) is 5.90 Å². The van der Waals surface area contributed by atoms with Crippen molar-refractivity contribution in [1.29, 1.82) is 0 Å². The van der Waals surface area contributed by atoms with Crippen molar-refractivity contribution < 1.29 is 9.57 Å². The quantitative estimate of drug-likeness (QED) is 0.442. The van der Waals surface area contributed by atoms with E-state index in [1.807, 2.05) is 38.1 Å². The van der Waals surface area contributed by atoms with E-state index in [4.69, 9.17) is 9.57 Å². The molecule has 1 aromatic carbocycles. The molecule has 1 rings (SSSR count). The predicted molar refractivity (Wildman–Crippen MR) is 66.3 cm³/mol. The molecule has 0 heterocycles. The molecule has 86 valence electrons. The van der Waals surface area contributed by atoms with Gasteiger partial charge in [-0.3, -0.25) is 0 Å². The number of ether oxygens (including phenoxy) is 1. The summed E-state index contributed by atoms with van der Waals surface area (Å²) in [5.74, 6) is 0.476. The molecule has 0 aliphatic heterocycles. The Balaban J connectivity index is 2.86. The van der Waals surface area contributed by atoms with Crippen LogP contribution in [0.15, 0.2) is 36.0 Å². The highest BCUT2D eigenvalue weighted by Crippen LogP contribution is 2.08. The topological polar surface area (TPSA) is 30.8 Å². The Bertz CT molecular complexity index is 366. The van der Waals surface area contributed by atoms with Crippen molar-refractivity contribution in [2.24, 2.45) is 5.16 Å². The van der Waals surface area contributed by atoms with Crippen molar-refractivity contribution >= 4 is 12.0 Å². The van der Waals surface area contributed by atoms with Gasteiger partial charge >= 0.3 is 0 Å². The van der Waals surface area contributed by atoms with Gasteiger partial charge < -0.3 is 9.57 Å². The molecule has 0 aliphatic carbocycles. The van der Waals surface area contributed by atoms with Crippen LogP contribution in [0.5, 0.6) is 0 Å². The van der Waals surface area contributed by atoms with Gasteiger partial charge in [0.2, 0.25) is 0 Å². The van der Waals surface area contributed by atoms with E-state index in [1.54, 1.807) is 13.2 Å². The summed E-state index contributed by atoms with van der Waals surface area (Å²) >= 11 is 0. The van der Waals surface area contributed by atoms with Gasteiger partial charge in [-0.05, 0) is 36.7 Å². The highest BCUT2D eigenvalue weighted by molar-refractivity contribution is 5.93. The lowest BCUT2D eigenvalue weighted by atomic mass is 10.1. The summed E-state index contributed by atoms with van der Waals surface area (Å²) in [7, 11) is 1.57. The molecule has 0 bridgehead atoms. The van der Waals surface area contributed by atoms with Gasteiger partial charge in [0.15, 0.2) is 0 Å². The molecule has 0 fully saturated rings. The molecular formula is C13H17NO2. The molecule has 0 saturated heterocycles. The Kier molecular flexibility index (Phi) is 4.58. The minimum Gasteiger partial charge on any atom is -0.479 e. The van der Waals surface area contributed by atoms with Crippen LogP contribution in [0.4, 0.5) is 0 Å². The maximum atomic E-state index is 5.16. The highest BCUT2D eigenvalue weighted by Gasteiger charge is 2.04. The van der Waals surface area contributed by atoms with Gasteiger partial charge in [0, 0.05) is 5.56 Å². The van der Waals surface area contributed by atoms with Crippen LogP contribution in [-0.4, -0.2) is 19.1 Å². The van der Waals surface area contributed by atoms with Crippen molar-refractivity contribution in [3.8, 4) is 0 Å². The van der Waals surface area contributed by atoms with Gasteiger partial charge in [-0.25, -0.2) is 0 Å². The van der Waals surface area contributed by atoms with E-state index >= 15 is 0 Å². The molecule has 0 atom stereocenters. The molecule has 0 aromatic heterocycles. The predicted octanol–water partition coefficient (Wildman–Crippen LogP) is 3.06. The summed E-state index contributed by atoms with van der Waals surface area (Å²) in [6.07, 6.45) is 1.83. The molecule has 1 aromatic rings. The number of benzene rings is 1. The van der Waals surface area contributed by atoms with Crippen LogP contribution in [0.25, 0.3) is 6.08 Å². The fraction of sp³-hybridized carbons (Fsp3) is 0.308. The molecule has 0 saturated carbocycles. The largest absolute Gasteiger partial charge is 0.479 e. The van der Waals surface area contributed by atoms with Gasteiger partial charge in [0.05, 0.1) is 7.11 Å². The van der Waals surface area contributed by atoms with E-state index in [2.05, 4.69) is 11.7 Å². The van der Waals surface area contributed by atoms with Crippen LogP contribution in [0.2, 0.25) is 0 Å². The zero-order valence-corrected chi connectivity index (χ0v) is 9.93. The number of rotatable bonds is 4. The summed E-state index contributed by atoms with van der Waals surface area (Å²) in [5, 5.41) is 3.94. The number of hydrogen-bond donors (Lipinski definition) is 0.